The second-order valence-corrected chi connectivity index (χ2v) is 17.8. The number of carbonyl (C=O) groups excluding carboxylic acids is 1. The molecule has 0 saturated carbocycles. The van der Waals surface area contributed by atoms with Crippen molar-refractivity contribution in [1.29, 1.82) is 0 Å². The van der Waals surface area contributed by atoms with Crippen LogP contribution in [-0.2, 0) is 38.3 Å². The molecule has 0 aromatic heterocycles. The van der Waals surface area contributed by atoms with E-state index in [-0.39, 0.29) is 19.6 Å². The van der Waals surface area contributed by atoms with E-state index < -0.39 is 59.8 Å². The zero-order valence-electron chi connectivity index (χ0n) is 37.8. The van der Waals surface area contributed by atoms with E-state index in [4.69, 9.17) is 23.5 Å². The molecule has 1 fully saturated rings. The number of carbonyl (C=O) groups is 1. The van der Waals surface area contributed by atoms with E-state index in [1.165, 1.54) is 128 Å². The number of aliphatic hydroxyl groups excluding tert-OH is 3. The Morgan fingerprint density at radius 3 is 1.62 bits per heavy atom. The highest BCUT2D eigenvalue weighted by Gasteiger charge is 2.48. The fourth-order valence-corrected chi connectivity index (χ4v) is 7.92. The van der Waals surface area contributed by atoms with Crippen LogP contribution >= 0.6 is 0 Å². The highest BCUT2D eigenvalue weighted by atomic mass is 32.3. The standard InChI is InChI=1S/C47H88O12S/c1-3-5-7-9-11-13-15-17-19-20-21-22-23-24-26-28-30-32-34-36-43(49)57-41(39-55-37-35-33-31-29-27-25-18-16-14-12-10-8-6-4-2)40-56-47-45(51)46(59-60(52,53)54)44(50)42(38-48)58-47/h11,13,17,19,41-42,44-48,50-51H,3-10,12,14-16,18,20-40H2,1-2H3,(H,52,53,54)/b13-11-,19-17-. The van der Waals surface area contributed by atoms with Crippen molar-refractivity contribution in [3.05, 3.63) is 24.3 Å². The summed E-state index contributed by atoms with van der Waals surface area (Å²) in [7, 11) is -5.06. The molecule has 12 nitrogen and oxygen atoms in total. The normalized spacial score (nSPS) is 20.4. The first-order valence-corrected chi connectivity index (χ1v) is 25.5. The Balaban J connectivity index is 2.39. The molecule has 60 heavy (non-hydrogen) atoms. The molecule has 0 aliphatic carbocycles. The fraction of sp³-hybridized carbons (Fsp3) is 0.894. The number of aliphatic hydroxyl groups is 3. The quantitative estimate of drug-likeness (QED) is 0.0198. The van der Waals surface area contributed by atoms with Gasteiger partial charge in [-0.1, -0.05) is 179 Å². The van der Waals surface area contributed by atoms with Gasteiger partial charge in [0.25, 0.3) is 0 Å². The summed E-state index contributed by atoms with van der Waals surface area (Å²) >= 11 is 0. The fourth-order valence-electron chi connectivity index (χ4n) is 7.41. The molecule has 4 N–H and O–H groups in total. The van der Waals surface area contributed by atoms with Crippen LogP contribution in [0.2, 0.25) is 0 Å². The number of ether oxygens (including phenoxy) is 4. The van der Waals surface area contributed by atoms with Crippen molar-refractivity contribution in [2.75, 3.05) is 26.4 Å². The zero-order chi connectivity index (χ0) is 43.9. The highest BCUT2D eigenvalue weighted by molar-refractivity contribution is 7.80. The zero-order valence-corrected chi connectivity index (χ0v) is 38.6. The van der Waals surface area contributed by atoms with Crippen LogP contribution in [0.4, 0.5) is 0 Å². The maximum absolute atomic E-state index is 12.9. The first-order valence-electron chi connectivity index (χ1n) is 24.1. The molecule has 13 heteroatoms. The lowest BCUT2D eigenvalue weighted by molar-refractivity contribution is -0.301. The molecule has 1 saturated heterocycles. The van der Waals surface area contributed by atoms with Gasteiger partial charge in [-0.3, -0.25) is 9.35 Å². The average Bonchev–Trinajstić information content (AvgIpc) is 3.22. The summed E-state index contributed by atoms with van der Waals surface area (Å²) in [5.74, 6) is -0.401. The van der Waals surface area contributed by atoms with Crippen LogP contribution in [0.15, 0.2) is 24.3 Å². The Kier molecular flexibility index (Phi) is 37.0. The Hall–Kier alpha value is -1.42. The van der Waals surface area contributed by atoms with Gasteiger partial charge >= 0.3 is 16.4 Å². The molecule has 1 aliphatic rings. The van der Waals surface area contributed by atoms with Crippen molar-refractivity contribution >= 4 is 16.4 Å². The van der Waals surface area contributed by atoms with Crippen LogP contribution in [0.25, 0.3) is 0 Å². The van der Waals surface area contributed by atoms with Crippen LogP contribution in [0, 0.1) is 0 Å². The highest BCUT2D eigenvalue weighted by Crippen LogP contribution is 2.26. The summed E-state index contributed by atoms with van der Waals surface area (Å²) in [6.07, 6.45) is 34.9. The van der Waals surface area contributed by atoms with Gasteiger partial charge in [0.1, 0.15) is 30.5 Å². The molecule has 6 atom stereocenters. The van der Waals surface area contributed by atoms with Crippen molar-refractivity contribution < 1.29 is 56.2 Å². The van der Waals surface area contributed by atoms with E-state index in [2.05, 4.69) is 42.3 Å². The number of unbranched alkanes of at least 4 members (excludes halogenated alkanes) is 25. The van der Waals surface area contributed by atoms with Crippen LogP contribution < -0.4 is 0 Å². The molecule has 0 amide bonds. The largest absolute Gasteiger partial charge is 0.457 e. The third-order valence-electron chi connectivity index (χ3n) is 11.1. The summed E-state index contributed by atoms with van der Waals surface area (Å²) in [5, 5.41) is 30.7. The SMILES string of the molecule is CCCCC/C=C\C/C=C\CCCCCCCCCCCC(=O)OC(COCCCCCCCCCCCCCCCC)COC1OC(CO)C(O)C(OS(=O)(=O)O)C1O. The maximum atomic E-state index is 12.9. The summed E-state index contributed by atoms with van der Waals surface area (Å²) in [4.78, 5) is 12.9. The molecule has 354 valence electrons. The van der Waals surface area contributed by atoms with E-state index in [9.17, 15) is 28.5 Å². The third-order valence-corrected chi connectivity index (χ3v) is 11.5. The van der Waals surface area contributed by atoms with E-state index in [1.807, 2.05) is 0 Å². The molecular weight excluding hydrogens is 789 g/mol. The molecule has 1 rings (SSSR count). The van der Waals surface area contributed by atoms with E-state index in [0.29, 0.717) is 13.0 Å². The maximum Gasteiger partial charge on any atom is 0.397 e. The predicted octanol–water partition coefficient (Wildman–Crippen LogP) is 10.4. The van der Waals surface area contributed by atoms with E-state index in [1.54, 1.807) is 0 Å². The number of rotatable bonds is 42. The number of hydrogen-bond acceptors (Lipinski definition) is 11. The summed E-state index contributed by atoms with van der Waals surface area (Å²) < 4.78 is 59.1. The van der Waals surface area contributed by atoms with Crippen LogP contribution in [0.5, 0.6) is 0 Å². The topological polar surface area (TPSA) is 178 Å². The van der Waals surface area contributed by atoms with Crippen molar-refractivity contribution in [1.82, 2.24) is 0 Å². The molecule has 1 aliphatic heterocycles. The second-order valence-electron chi connectivity index (χ2n) is 16.7. The predicted molar refractivity (Wildman–Crippen MR) is 239 cm³/mol. The average molecular weight is 877 g/mol. The van der Waals surface area contributed by atoms with Crippen LogP contribution in [0.3, 0.4) is 0 Å². The minimum atomic E-state index is -5.06. The number of allylic oxidation sites excluding steroid dienone is 4. The third kappa shape index (κ3) is 32.3. The van der Waals surface area contributed by atoms with Crippen LogP contribution in [0.1, 0.15) is 206 Å². The Morgan fingerprint density at radius 2 is 1.10 bits per heavy atom. The number of hydrogen-bond donors (Lipinski definition) is 4. The lowest BCUT2D eigenvalue weighted by Crippen LogP contribution is -2.60. The molecule has 0 bridgehead atoms. The van der Waals surface area contributed by atoms with Gasteiger partial charge in [0.15, 0.2) is 6.29 Å². The lowest BCUT2D eigenvalue weighted by Gasteiger charge is -2.41. The Labute approximate surface area is 365 Å². The molecular formula is C47H88O12S. The number of esters is 1. The minimum absolute atomic E-state index is 0.0385. The Bertz CT molecular complexity index is 1150. The lowest BCUT2D eigenvalue weighted by atomic mass is 9.99. The van der Waals surface area contributed by atoms with Gasteiger partial charge in [0, 0.05) is 13.0 Å². The first-order chi connectivity index (χ1) is 29.1. The van der Waals surface area contributed by atoms with Crippen molar-refractivity contribution in [3.63, 3.8) is 0 Å². The second kappa shape index (κ2) is 39.2. The molecule has 0 radical (unpaired) electrons. The summed E-state index contributed by atoms with van der Waals surface area (Å²) in [5.41, 5.74) is 0. The van der Waals surface area contributed by atoms with Gasteiger partial charge < -0.3 is 34.3 Å². The molecule has 0 aromatic carbocycles. The molecule has 0 aromatic rings. The Morgan fingerprint density at radius 1 is 0.633 bits per heavy atom. The minimum Gasteiger partial charge on any atom is -0.457 e. The van der Waals surface area contributed by atoms with Crippen molar-refractivity contribution in [3.8, 4) is 0 Å². The first kappa shape index (κ1) is 56.6. The van der Waals surface area contributed by atoms with Gasteiger partial charge in [-0.25, -0.2) is 4.18 Å². The van der Waals surface area contributed by atoms with E-state index in [0.717, 1.165) is 51.4 Å². The van der Waals surface area contributed by atoms with E-state index >= 15 is 0 Å². The van der Waals surface area contributed by atoms with Gasteiger partial charge in [-0.15, -0.1) is 0 Å². The summed E-state index contributed by atoms with van der Waals surface area (Å²) in [6, 6.07) is 0. The monoisotopic (exact) mass is 877 g/mol. The van der Waals surface area contributed by atoms with Gasteiger partial charge in [0.2, 0.25) is 0 Å². The van der Waals surface area contributed by atoms with Gasteiger partial charge in [-0.2, -0.15) is 8.42 Å². The van der Waals surface area contributed by atoms with Crippen molar-refractivity contribution in [2.24, 2.45) is 0 Å². The van der Waals surface area contributed by atoms with Gasteiger partial charge in [-0.05, 0) is 44.9 Å². The molecule has 1 heterocycles. The smallest absolute Gasteiger partial charge is 0.397 e. The van der Waals surface area contributed by atoms with Crippen LogP contribution in [-0.4, -0.2) is 97.5 Å². The molecule has 6 unspecified atom stereocenters. The molecule has 0 spiro atoms. The summed E-state index contributed by atoms with van der Waals surface area (Å²) in [6.45, 7) is 3.99. The van der Waals surface area contributed by atoms with Crippen molar-refractivity contribution in [2.45, 2.75) is 243 Å². The van der Waals surface area contributed by atoms with Gasteiger partial charge in [0.05, 0.1) is 19.8 Å².